The first-order chi connectivity index (χ1) is 7.38. The maximum Gasteiger partial charge on any atom is 0.417 e. The Morgan fingerprint density at radius 3 is 2.56 bits per heavy atom. The van der Waals surface area contributed by atoms with Gasteiger partial charge in [0.2, 0.25) is 0 Å². The molecule has 0 aliphatic rings. The smallest absolute Gasteiger partial charge is 0.364 e. The van der Waals surface area contributed by atoms with E-state index in [1.165, 1.54) is 6.07 Å². The number of nitrogens with zero attached hydrogens (tertiary/aromatic N) is 2. The number of carbonyl (C=O) groups is 1. The number of alkyl halides is 3. The van der Waals surface area contributed by atoms with Crippen LogP contribution in [0.1, 0.15) is 16.1 Å². The van der Waals surface area contributed by atoms with Gasteiger partial charge in [0.05, 0.1) is 5.56 Å². The molecule has 2 aromatic heterocycles. The first kappa shape index (κ1) is 10.5. The minimum atomic E-state index is -4.43. The quantitative estimate of drug-likeness (QED) is 0.804. The number of imidazole rings is 1. The largest absolute Gasteiger partial charge is 0.417 e. The lowest BCUT2D eigenvalue weighted by molar-refractivity contribution is -0.137. The molecular formula is C9H6F3N3O. The minimum absolute atomic E-state index is 0.0701. The Morgan fingerprint density at radius 1 is 1.31 bits per heavy atom. The maximum absolute atomic E-state index is 12.4. The number of hydrogen-bond acceptors (Lipinski definition) is 2. The summed E-state index contributed by atoms with van der Waals surface area (Å²) < 4.78 is 38.2. The molecule has 7 heteroatoms. The summed E-state index contributed by atoms with van der Waals surface area (Å²) in [6.07, 6.45) is -2.41. The van der Waals surface area contributed by atoms with Crippen LogP contribution >= 0.6 is 0 Å². The van der Waals surface area contributed by atoms with Crippen LogP contribution in [-0.2, 0) is 6.18 Å². The van der Waals surface area contributed by atoms with E-state index in [2.05, 4.69) is 4.98 Å². The Morgan fingerprint density at radius 2 is 2.00 bits per heavy atom. The van der Waals surface area contributed by atoms with E-state index < -0.39 is 17.6 Å². The van der Waals surface area contributed by atoms with Gasteiger partial charge in [0.15, 0.2) is 0 Å². The molecule has 2 aromatic rings. The van der Waals surface area contributed by atoms with E-state index in [-0.39, 0.29) is 11.3 Å². The number of rotatable bonds is 1. The van der Waals surface area contributed by atoms with Crippen molar-refractivity contribution >= 4 is 11.6 Å². The van der Waals surface area contributed by atoms with Crippen molar-refractivity contribution in [3.8, 4) is 0 Å². The van der Waals surface area contributed by atoms with Crippen molar-refractivity contribution in [1.82, 2.24) is 9.38 Å². The molecule has 0 aromatic carbocycles. The van der Waals surface area contributed by atoms with E-state index in [0.29, 0.717) is 0 Å². The predicted octanol–water partition coefficient (Wildman–Crippen LogP) is 1.45. The van der Waals surface area contributed by atoms with E-state index in [1.54, 1.807) is 0 Å². The van der Waals surface area contributed by atoms with Gasteiger partial charge >= 0.3 is 6.18 Å². The predicted molar refractivity (Wildman–Crippen MR) is 48.7 cm³/mol. The molecule has 0 atom stereocenters. The van der Waals surface area contributed by atoms with Gasteiger partial charge in [0, 0.05) is 12.4 Å². The average Bonchev–Trinajstić information content (AvgIpc) is 2.58. The summed E-state index contributed by atoms with van der Waals surface area (Å²) in [5.41, 5.74) is 4.32. The second-order valence-corrected chi connectivity index (χ2v) is 3.17. The van der Waals surface area contributed by atoms with Crippen molar-refractivity contribution in [3.63, 3.8) is 0 Å². The van der Waals surface area contributed by atoms with Crippen molar-refractivity contribution in [2.24, 2.45) is 5.73 Å². The zero-order valence-electron chi connectivity index (χ0n) is 7.82. The van der Waals surface area contributed by atoms with Crippen molar-refractivity contribution in [2.75, 3.05) is 0 Å². The fourth-order valence-corrected chi connectivity index (χ4v) is 1.28. The summed E-state index contributed by atoms with van der Waals surface area (Å²) in [6.45, 7) is 0. The van der Waals surface area contributed by atoms with Crippen molar-refractivity contribution in [2.45, 2.75) is 6.18 Å². The van der Waals surface area contributed by atoms with Crippen molar-refractivity contribution in [1.29, 1.82) is 0 Å². The Balaban J connectivity index is 2.58. The van der Waals surface area contributed by atoms with Crippen LogP contribution in [0, 0.1) is 0 Å². The molecule has 0 saturated heterocycles. The topological polar surface area (TPSA) is 60.4 Å². The molecule has 0 unspecified atom stereocenters. The lowest BCUT2D eigenvalue weighted by atomic mass is 10.3. The van der Waals surface area contributed by atoms with Crippen LogP contribution in [-0.4, -0.2) is 15.3 Å². The molecule has 0 spiro atoms. The van der Waals surface area contributed by atoms with E-state index in [4.69, 9.17) is 5.73 Å². The highest BCUT2D eigenvalue weighted by atomic mass is 19.4. The Labute approximate surface area is 87.5 Å². The molecule has 2 rings (SSSR count). The second-order valence-electron chi connectivity index (χ2n) is 3.17. The molecule has 0 fully saturated rings. The molecule has 0 bridgehead atoms. The number of aromatic nitrogens is 2. The molecule has 2 heterocycles. The van der Waals surface area contributed by atoms with Gasteiger partial charge in [-0.1, -0.05) is 0 Å². The van der Waals surface area contributed by atoms with Crippen LogP contribution in [0.25, 0.3) is 5.65 Å². The number of fused-ring (bicyclic) bond motifs is 1. The molecule has 84 valence electrons. The van der Waals surface area contributed by atoms with Crippen LogP contribution in [0.5, 0.6) is 0 Å². The SMILES string of the molecule is NC(=O)c1cn2cc(C(F)(F)F)ccc2n1. The number of nitrogens with two attached hydrogens (primary N) is 1. The number of hydrogen-bond donors (Lipinski definition) is 1. The van der Waals surface area contributed by atoms with Gasteiger partial charge in [-0.05, 0) is 12.1 Å². The highest BCUT2D eigenvalue weighted by molar-refractivity contribution is 5.91. The normalized spacial score (nSPS) is 11.9. The van der Waals surface area contributed by atoms with Crippen LogP contribution < -0.4 is 5.73 Å². The van der Waals surface area contributed by atoms with Gasteiger partial charge in [-0.15, -0.1) is 0 Å². The summed E-state index contributed by atoms with van der Waals surface area (Å²) >= 11 is 0. The van der Waals surface area contributed by atoms with E-state index in [1.807, 2.05) is 0 Å². The molecule has 0 aliphatic heterocycles. The number of amides is 1. The standard InChI is InChI=1S/C9H6F3N3O/c10-9(11,12)5-1-2-7-14-6(8(13)16)4-15(7)3-5/h1-4H,(H2,13,16). The van der Waals surface area contributed by atoms with Crippen LogP contribution in [0.2, 0.25) is 0 Å². The zero-order valence-corrected chi connectivity index (χ0v) is 7.82. The molecule has 0 aliphatic carbocycles. The lowest BCUT2D eigenvalue weighted by Crippen LogP contribution is -2.10. The molecular weight excluding hydrogens is 223 g/mol. The molecule has 0 radical (unpaired) electrons. The zero-order chi connectivity index (χ0) is 11.9. The highest BCUT2D eigenvalue weighted by Crippen LogP contribution is 2.29. The Kier molecular flexibility index (Phi) is 2.11. The fraction of sp³-hybridized carbons (Fsp3) is 0.111. The second kappa shape index (κ2) is 3.22. The van der Waals surface area contributed by atoms with E-state index in [9.17, 15) is 18.0 Å². The minimum Gasteiger partial charge on any atom is -0.364 e. The van der Waals surface area contributed by atoms with Gasteiger partial charge in [0.1, 0.15) is 11.3 Å². The summed E-state index contributed by atoms with van der Waals surface area (Å²) in [5.74, 6) is -0.780. The first-order valence-electron chi connectivity index (χ1n) is 4.23. The monoisotopic (exact) mass is 229 g/mol. The lowest BCUT2D eigenvalue weighted by Gasteiger charge is -2.05. The maximum atomic E-state index is 12.4. The highest BCUT2D eigenvalue weighted by Gasteiger charge is 2.30. The fourth-order valence-electron chi connectivity index (χ4n) is 1.28. The third kappa shape index (κ3) is 1.71. The molecule has 16 heavy (non-hydrogen) atoms. The Bertz CT molecular complexity index is 559. The average molecular weight is 229 g/mol. The Hall–Kier alpha value is -2.05. The number of halogens is 3. The third-order valence-electron chi connectivity index (χ3n) is 2.03. The van der Waals surface area contributed by atoms with Crippen molar-refractivity contribution < 1.29 is 18.0 Å². The van der Waals surface area contributed by atoms with Crippen molar-refractivity contribution in [3.05, 3.63) is 35.8 Å². The number of carbonyl (C=O) groups excluding carboxylic acids is 1. The van der Waals surface area contributed by atoms with Crippen LogP contribution in [0.15, 0.2) is 24.5 Å². The summed E-state index contributed by atoms with van der Waals surface area (Å²) in [4.78, 5) is 14.5. The van der Waals surface area contributed by atoms with Gasteiger partial charge in [-0.25, -0.2) is 4.98 Å². The van der Waals surface area contributed by atoms with Gasteiger partial charge in [-0.2, -0.15) is 13.2 Å². The number of primary amides is 1. The third-order valence-corrected chi connectivity index (χ3v) is 2.03. The summed E-state index contributed by atoms with van der Waals surface area (Å²) in [7, 11) is 0. The van der Waals surface area contributed by atoms with Gasteiger partial charge in [0.25, 0.3) is 5.91 Å². The molecule has 2 N–H and O–H groups in total. The van der Waals surface area contributed by atoms with Gasteiger partial charge in [-0.3, -0.25) is 4.79 Å². The summed E-state index contributed by atoms with van der Waals surface area (Å²) in [5, 5.41) is 0. The molecule has 4 nitrogen and oxygen atoms in total. The van der Waals surface area contributed by atoms with Gasteiger partial charge < -0.3 is 10.1 Å². The molecule has 1 amide bonds. The summed E-state index contributed by atoms with van der Waals surface area (Å²) in [6, 6.07) is 2.07. The number of pyridine rings is 1. The first-order valence-corrected chi connectivity index (χ1v) is 4.23. The van der Waals surface area contributed by atoms with E-state index in [0.717, 1.165) is 22.9 Å². The van der Waals surface area contributed by atoms with Crippen LogP contribution in [0.3, 0.4) is 0 Å². The molecule has 0 saturated carbocycles. The van der Waals surface area contributed by atoms with E-state index >= 15 is 0 Å². The van der Waals surface area contributed by atoms with Crippen LogP contribution in [0.4, 0.5) is 13.2 Å².